The summed E-state index contributed by atoms with van der Waals surface area (Å²) in [6.07, 6.45) is 9.76. The number of rotatable bonds is 12. The maximum atomic E-state index is 9.48. The standard InChI is InChI=1S/C17H35N5O2.BrH/c1-4-14(23)12-10-8-6-5-7-9-11-13-24-22-16(19)20-15(18)21-17(22,2)3;/h14,23H,4-13H2,1-3H3,(H4,18,19,20,21);1H. The Labute approximate surface area is 162 Å². The van der Waals surface area contributed by atoms with Crippen molar-refractivity contribution in [1.29, 1.82) is 5.41 Å². The molecule has 1 aliphatic rings. The van der Waals surface area contributed by atoms with Gasteiger partial charge in [-0.2, -0.15) is 5.06 Å². The number of nitrogens with two attached hydrogens (primary N) is 1. The van der Waals surface area contributed by atoms with Gasteiger partial charge in [0.1, 0.15) is 0 Å². The van der Waals surface area contributed by atoms with Crippen LogP contribution in [0.1, 0.15) is 78.6 Å². The van der Waals surface area contributed by atoms with E-state index in [4.69, 9.17) is 16.0 Å². The van der Waals surface area contributed by atoms with Crippen LogP contribution in [0.5, 0.6) is 0 Å². The minimum Gasteiger partial charge on any atom is -0.393 e. The fraction of sp³-hybridized carbons (Fsp3) is 0.882. The van der Waals surface area contributed by atoms with E-state index < -0.39 is 5.66 Å². The number of aliphatic hydroxyl groups is 1. The molecule has 0 spiro atoms. The summed E-state index contributed by atoms with van der Waals surface area (Å²) in [7, 11) is 0. The number of nitrogens with one attached hydrogen (secondary N) is 2. The summed E-state index contributed by atoms with van der Waals surface area (Å²) in [6, 6.07) is 0. The first kappa shape index (κ1) is 24.1. The Kier molecular flexibility index (Phi) is 12.1. The zero-order chi connectivity index (χ0) is 18.0. The van der Waals surface area contributed by atoms with E-state index in [0.29, 0.717) is 6.61 Å². The minimum atomic E-state index is -0.657. The minimum absolute atomic E-state index is 0. The molecular weight excluding hydrogens is 386 g/mol. The van der Waals surface area contributed by atoms with Crippen molar-refractivity contribution in [3.63, 3.8) is 0 Å². The van der Waals surface area contributed by atoms with Crippen LogP contribution in [0.3, 0.4) is 0 Å². The molecule has 0 radical (unpaired) electrons. The predicted octanol–water partition coefficient (Wildman–Crippen LogP) is 3.28. The molecule has 25 heavy (non-hydrogen) atoms. The molecule has 148 valence electrons. The molecule has 1 heterocycles. The number of nitrogens with zero attached hydrogens (tertiary/aromatic N) is 2. The van der Waals surface area contributed by atoms with Crippen molar-refractivity contribution in [2.24, 2.45) is 10.7 Å². The Balaban J connectivity index is 0.00000576. The molecule has 0 aromatic rings. The average molecular weight is 422 g/mol. The monoisotopic (exact) mass is 421 g/mol. The molecule has 0 fully saturated rings. The van der Waals surface area contributed by atoms with Crippen molar-refractivity contribution in [3.05, 3.63) is 0 Å². The molecule has 0 aromatic carbocycles. The fourth-order valence-electron chi connectivity index (χ4n) is 2.76. The van der Waals surface area contributed by atoms with E-state index in [0.717, 1.165) is 32.1 Å². The van der Waals surface area contributed by atoms with Crippen molar-refractivity contribution in [2.75, 3.05) is 6.61 Å². The van der Waals surface area contributed by atoms with E-state index in [1.54, 1.807) is 0 Å². The lowest BCUT2D eigenvalue weighted by molar-refractivity contribution is -0.160. The van der Waals surface area contributed by atoms with Gasteiger partial charge < -0.3 is 10.8 Å². The first-order valence-electron chi connectivity index (χ1n) is 9.19. The maximum absolute atomic E-state index is 9.48. The van der Waals surface area contributed by atoms with Gasteiger partial charge in [0.05, 0.1) is 12.7 Å². The van der Waals surface area contributed by atoms with Gasteiger partial charge >= 0.3 is 0 Å². The van der Waals surface area contributed by atoms with Crippen molar-refractivity contribution < 1.29 is 9.94 Å². The lowest BCUT2D eigenvalue weighted by atomic mass is 10.1. The molecule has 0 bridgehead atoms. The molecule has 1 atom stereocenters. The third-order valence-electron chi connectivity index (χ3n) is 4.21. The molecule has 0 amide bonds. The number of hydroxylamine groups is 2. The first-order valence-corrected chi connectivity index (χ1v) is 9.19. The van der Waals surface area contributed by atoms with Crippen molar-refractivity contribution in [1.82, 2.24) is 10.4 Å². The van der Waals surface area contributed by atoms with E-state index >= 15 is 0 Å². The largest absolute Gasteiger partial charge is 0.393 e. The first-order chi connectivity index (χ1) is 11.4. The van der Waals surface area contributed by atoms with Crippen LogP contribution in [0.2, 0.25) is 0 Å². The number of hydrogen-bond donors (Lipinski definition) is 4. The van der Waals surface area contributed by atoms with Gasteiger partial charge in [0, 0.05) is 0 Å². The summed E-state index contributed by atoms with van der Waals surface area (Å²) in [5.74, 6) is 0.373. The second-order valence-electron chi connectivity index (χ2n) is 6.92. The lowest BCUT2D eigenvalue weighted by Gasteiger charge is -2.38. The Morgan fingerprint density at radius 3 is 2.32 bits per heavy atom. The number of aliphatic imine (C=N–C) groups is 1. The van der Waals surface area contributed by atoms with E-state index in [-0.39, 0.29) is 35.0 Å². The topological polar surface area (TPSA) is 107 Å². The molecule has 0 saturated carbocycles. The third kappa shape index (κ3) is 9.42. The van der Waals surface area contributed by atoms with Crippen molar-refractivity contribution in [2.45, 2.75) is 90.3 Å². The van der Waals surface area contributed by atoms with E-state index in [1.807, 2.05) is 20.8 Å². The van der Waals surface area contributed by atoms with Crippen LogP contribution in [0.25, 0.3) is 0 Å². The number of unbranched alkanes of at least 4 members (excludes halogenated alkanes) is 6. The molecule has 0 aliphatic carbocycles. The van der Waals surface area contributed by atoms with E-state index in [1.165, 1.54) is 30.7 Å². The average Bonchev–Trinajstić information content (AvgIpc) is 2.50. The zero-order valence-corrected chi connectivity index (χ0v) is 17.6. The number of guanidine groups is 2. The number of hydrogen-bond acceptors (Lipinski definition) is 5. The Morgan fingerprint density at radius 1 is 1.20 bits per heavy atom. The summed E-state index contributed by atoms with van der Waals surface area (Å²) in [6.45, 7) is 6.33. The van der Waals surface area contributed by atoms with Crippen molar-refractivity contribution >= 4 is 28.9 Å². The molecule has 1 aliphatic heterocycles. The highest BCUT2D eigenvalue weighted by atomic mass is 79.9. The van der Waals surface area contributed by atoms with E-state index in [2.05, 4.69) is 10.3 Å². The molecule has 7 nitrogen and oxygen atoms in total. The number of aliphatic hydroxyl groups excluding tert-OH is 1. The predicted molar refractivity (Wildman–Crippen MR) is 108 cm³/mol. The normalized spacial score (nSPS) is 17.5. The molecular formula is C17H36BrN5O2. The second kappa shape index (κ2) is 12.5. The Hall–Kier alpha value is -0.860. The summed E-state index contributed by atoms with van der Waals surface area (Å²) in [5, 5.41) is 21.5. The smallest absolute Gasteiger partial charge is 0.224 e. The van der Waals surface area contributed by atoms with Crippen LogP contribution in [0.15, 0.2) is 4.99 Å². The Bertz CT molecular complexity index is 418. The van der Waals surface area contributed by atoms with E-state index in [9.17, 15) is 5.11 Å². The highest BCUT2D eigenvalue weighted by Gasteiger charge is 2.34. The van der Waals surface area contributed by atoms with Crippen LogP contribution >= 0.6 is 17.0 Å². The molecule has 5 N–H and O–H groups in total. The van der Waals surface area contributed by atoms with Crippen LogP contribution in [0.4, 0.5) is 0 Å². The van der Waals surface area contributed by atoms with Gasteiger partial charge in [0.15, 0.2) is 11.6 Å². The van der Waals surface area contributed by atoms with Crippen molar-refractivity contribution in [3.8, 4) is 0 Å². The molecule has 0 aromatic heterocycles. The molecule has 0 saturated heterocycles. The highest BCUT2D eigenvalue weighted by Crippen LogP contribution is 2.19. The maximum Gasteiger partial charge on any atom is 0.224 e. The van der Waals surface area contributed by atoms with Gasteiger partial charge in [-0.1, -0.05) is 45.4 Å². The van der Waals surface area contributed by atoms with Gasteiger partial charge in [-0.25, -0.2) is 4.99 Å². The van der Waals surface area contributed by atoms with Gasteiger partial charge in [-0.05, 0) is 33.1 Å². The molecule has 8 heteroatoms. The van der Waals surface area contributed by atoms with Gasteiger partial charge in [0.25, 0.3) is 0 Å². The summed E-state index contributed by atoms with van der Waals surface area (Å²) >= 11 is 0. The second-order valence-corrected chi connectivity index (χ2v) is 6.92. The van der Waals surface area contributed by atoms with Gasteiger partial charge in [-0.3, -0.25) is 15.6 Å². The van der Waals surface area contributed by atoms with Crippen LogP contribution in [0, 0.1) is 5.41 Å². The van der Waals surface area contributed by atoms with Gasteiger partial charge in [-0.15, -0.1) is 17.0 Å². The summed E-state index contributed by atoms with van der Waals surface area (Å²) in [4.78, 5) is 9.95. The Morgan fingerprint density at radius 2 is 1.76 bits per heavy atom. The number of halogens is 1. The van der Waals surface area contributed by atoms with Gasteiger partial charge in [0.2, 0.25) is 5.96 Å². The van der Waals surface area contributed by atoms with Crippen LogP contribution in [-0.2, 0) is 4.84 Å². The fourth-order valence-corrected chi connectivity index (χ4v) is 2.76. The molecule has 1 rings (SSSR count). The lowest BCUT2D eigenvalue weighted by Crippen LogP contribution is -2.59. The quantitative estimate of drug-likeness (QED) is 0.361. The zero-order valence-electron chi connectivity index (χ0n) is 15.9. The SMILES string of the molecule is Br.CCC(O)CCCCCCCCCON1C(=N)NC(N)=NC1(C)C. The van der Waals surface area contributed by atoms with Crippen LogP contribution in [-0.4, -0.2) is 40.5 Å². The third-order valence-corrected chi connectivity index (χ3v) is 4.21. The summed E-state index contributed by atoms with van der Waals surface area (Å²) < 4.78 is 0. The van der Waals surface area contributed by atoms with Crippen LogP contribution < -0.4 is 11.1 Å². The highest BCUT2D eigenvalue weighted by molar-refractivity contribution is 8.93. The summed E-state index contributed by atoms with van der Waals surface area (Å²) in [5.41, 5.74) is 4.98. The molecule has 1 unspecified atom stereocenters.